The zero-order valence-corrected chi connectivity index (χ0v) is 10.8. The molecule has 2 rings (SSSR count). The zero-order chi connectivity index (χ0) is 11.4. The highest BCUT2D eigenvalue weighted by atomic mass is 15.2. The summed E-state index contributed by atoms with van der Waals surface area (Å²) in [5.41, 5.74) is 0. The van der Waals surface area contributed by atoms with Crippen molar-refractivity contribution in [2.24, 2.45) is 11.8 Å². The van der Waals surface area contributed by atoms with Crippen LogP contribution in [0, 0.1) is 11.8 Å². The average molecular weight is 225 g/mol. The van der Waals surface area contributed by atoms with E-state index >= 15 is 0 Å². The van der Waals surface area contributed by atoms with Crippen LogP contribution in [-0.2, 0) is 0 Å². The lowest BCUT2D eigenvalue weighted by Gasteiger charge is -2.39. The first-order valence-corrected chi connectivity index (χ1v) is 6.94. The van der Waals surface area contributed by atoms with E-state index in [2.05, 4.69) is 29.4 Å². The molecule has 2 atom stereocenters. The standard InChI is InChI=1S/C13H27N3/c1-11(2)13-12(4-3-5-15-13)10-16-8-6-14-7-9-16/h11-15H,3-10H2,1-2H3/t12-,13-/m1/s1. The molecule has 0 radical (unpaired) electrons. The van der Waals surface area contributed by atoms with Gasteiger partial charge in [0.1, 0.15) is 0 Å². The van der Waals surface area contributed by atoms with Crippen LogP contribution in [0.5, 0.6) is 0 Å². The van der Waals surface area contributed by atoms with E-state index < -0.39 is 0 Å². The Labute approximate surface area is 100.0 Å². The molecule has 2 saturated heterocycles. The Morgan fingerprint density at radius 2 is 1.94 bits per heavy atom. The van der Waals surface area contributed by atoms with Crippen LogP contribution in [-0.4, -0.2) is 50.2 Å². The molecule has 2 N–H and O–H groups in total. The molecule has 0 aromatic rings. The van der Waals surface area contributed by atoms with Gasteiger partial charge in [0, 0.05) is 38.8 Å². The largest absolute Gasteiger partial charge is 0.314 e. The van der Waals surface area contributed by atoms with Gasteiger partial charge >= 0.3 is 0 Å². The van der Waals surface area contributed by atoms with Crippen molar-refractivity contribution in [3.63, 3.8) is 0 Å². The number of rotatable bonds is 3. The number of hydrogen-bond acceptors (Lipinski definition) is 3. The first-order chi connectivity index (χ1) is 7.77. The summed E-state index contributed by atoms with van der Waals surface area (Å²) in [6.07, 6.45) is 2.78. The van der Waals surface area contributed by atoms with Crippen molar-refractivity contribution in [1.82, 2.24) is 15.5 Å². The maximum Gasteiger partial charge on any atom is 0.0130 e. The summed E-state index contributed by atoms with van der Waals surface area (Å²) >= 11 is 0. The maximum atomic E-state index is 3.72. The van der Waals surface area contributed by atoms with E-state index in [1.54, 1.807) is 0 Å². The normalized spacial score (nSPS) is 33.2. The maximum absolute atomic E-state index is 3.72. The quantitative estimate of drug-likeness (QED) is 0.748. The Kier molecular flexibility index (Phi) is 4.62. The van der Waals surface area contributed by atoms with Crippen LogP contribution >= 0.6 is 0 Å². The fourth-order valence-electron chi connectivity index (χ4n) is 3.19. The van der Waals surface area contributed by atoms with E-state index in [0.717, 1.165) is 17.9 Å². The lowest BCUT2D eigenvalue weighted by molar-refractivity contribution is 0.141. The molecule has 0 aromatic heterocycles. The van der Waals surface area contributed by atoms with Gasteiger partial charge in [0.15, 0.2) is 0 Å². The van der Waals surface area contributed by atoms with E-state index in [1.165, 1.54) is 52.1 Å². The van der Waals surface area contributed by atoms with Gasteiger partial charge in [0.2, 0.25) is 0 Å². The molecule has 2 heterocycles. The van der Waals surface area contributed by atoms with Gasteiger partial charge in [-0.3, -0.25) is 0 Å². The first-order valence-electron chi connectivity index (χ1n) is 6.94. The number of nitrogens with zero attached hydrogens (tertiary/aromatic N) is 1. The molecular formula is C13H27N3. The Hall–Kier alpha value is -0.120. The van der Waals surface area contributed by atoms with Crippen molar-refractivity contribution in [3.05, 3.63) is 0 Å². The minimum Gasteiger partial charge on any atom is -0.314 e. The molecule has 0 amide bonds. The van der Waals surface area contributed by atoms with E-state index in [1.807, 2.05) is 0 Å². The van der Waals surface area contributed by atoms with Gasteiger partial charge < -0.3 is 15.5 Å². The van der Waals surface area contributed by atoms with E-state index in [4.69, 9.17) is 0 Å². The molecule has 2 fully saturated rings. The van der Waals surface area contributed by atoms with Crippen LogP contribution in [0.25, 0.3) is 0 Å². The summed E-state index contributed by atoms with van der Waals surface area (Å²) in [6.45, 7) is 12.1. The van der Waals surface area contributed by atoms with E-state index in [0.29, 0.717) is 0 Å². The fraction of sp³-hybridized carbons (Fsp3) is 1.00. The highest BCUT2D eigenvalue weighted by Crippen LogP contribution is 2.23. The Morgan fingerprint density at radius 3 is 2.62 bits per heavy atom. The molecule has 0 saturated carbocycles. The Morgan fingerprint density at radius 1 is 1.19 bits per heavy atom. The van der Waals surface area contributed by atoms with Crippen molar-refractivity contribution in [3.8, 4) is 0 Å². The Bertz CT molecular complexity index is 199. The minimum atomic E-state index is 0.739. The molecule has 0 aliphatic carbocycles. The van der Waals surface area contributed by atoms with Gasteiger partial charge in [0.05, 0.1) is 0 Å². The van der Waals surface area contributed by atoms with Crippen LogP contribution in [0.3, 0.4) is 0 Å². The molecule has 0 aromatic carbocycles. The molecular weight excluding hydrogens is 198 g/mol. The van der Waals surface area contributed by atoms with E-state index in [-0.39, 0.29) is 0 Å². The van der Waals surface area contributed by atoms with Gasteiger partial charge in [0.25, 0.3) is 0 Å². The molecule has 2 aliphatic rings. The molecule has 2 aliphatic heterocycles. The molecule has 3 nitrogen and oxygen atoms in total. The molecule has 16 heavy (non-hydrogen) atoms. The molecule has 94 valence electrons. The lowest BCUT2D eigenvalue weighted by atomic mass is 9.84. The summed E-state index contributed by atoms with van der Waals surface area (Å²) in [4.78, 5) is 2.64. The average Bonchev–Trinajstić information content (AvgIpc) is 2.31. The fourth-order valence-corrected chi connectivity index (χ4v) is 3.19. The monoisotopic (exact) mass is 225 g/mol. The number of nitrogens with one attached hydrogen (secondary N) is 2. The summed E-state index contributed by atoms with van der Waals surface area (Å²) < 4.78 is 0. The third-order valence-electron chi connectivity index (χ3n) is 4.06. The highest BCUT2D eigenvalue weighted by Gasteiger charge is 2.28. The SMILES string of the molecule is CC(C)[C@H]1NCCC[C@@H]1CN1CCNCC1. The van der Waals surface area contributed by atoms with Crippen molar-refractivity contribution in [2.45, 2.75) is 32.7 Å². The van der Waals surface area contributed by atoms with Crippen molar-refractivity contribution < 1.29 is 0 Å². The number of piperidine rings is 1. The summed E-state index contributed by atoms with van der Waals surface area (Å²) in [6, 6.07) is 0.739. The predicted octanol–water partition coefficient (Wildman–Crippen LogP) is 0.916. The number of piperazine rings is 1. The summed E-state index contributed by atoms with van der Waals surface area (Å²) in [7, 11) is 0. The van der Waals surface area contributed by atoms with Gasteiger partial charge in [-0.2, -0.15) is 0 Å². The summed E-state index contributed by atoms with van der Waals surface area (Å²) in [5.74, 6) is 1.64. The third-order valence-corrected chi connectivity index (χ3v) is 4.06. The van der Waals surface area contributed by atoms with Crippen molar-refractivity contribution in [1.29, 1.82) is 0 Å². The highest BCUT2D eigenvalue weighted by molar-refractivity contribution is 4.86. The van der Waals surface area contributed by atoms with Crippen LogP contribution in [0.1, 0.15) is 26.7 Å². The van der Waals surface area contributed by atoms with Gasteiger partial charge in [-0.15, -0.1) is 0 Å². The topological polar surface area (TPSA) is 27.3 Å². The van der Waals surface area contributed by atoms with Crippen molar-refractivity contribution in [2.75, 3.05) is 39.3 Å². The molecule has 0 bridgehead atoms. The Balaban J connectivity index is 1.85. The second kappa shape index (κ2) is 5.99. The van der Waals surface area contributed by atoms with Crippen LogP contribution in [0.2, 0.25) is 0 Å². The van der Waals surface area contributed by atoms with Gasteiger partial charge in [-0.05, 0) is 31.2 Å². The minimum absolute atomic E-state index is 0.739. The number of hydrogen-bond donors (Lipinski definition) is 2. The van der Waals surface area contributed by atoms with Crippen molar-refractivity contribution >= 4 is 0 Å². The van der Waals surface area contributed by atoms with Gasteiger partial charge in [-0.25, -0.2) is 0 Å². The predicted molar refractivity (Wildman–Crippen MR) is 68.7 cm³/mol. The lowest BCUT2D eigenvalue weighted by Crippen LogP contribution is -2.52. The second-order valence-electron chi connectivity index (χ2n) is 5.68. The van der Waals surface area contributed by atoms with Crippen LogP contribution < -0.4 is 10.6 Å². The molecule has 0 spiro atoms. The molecule has 0 unspecified atom stereocenters. The zero-order valence-electron chi connectivity index (χ0n) is 10.8. The van der Waals surface area contributed by atoms with E-state index in [9.17, 15) is 0 Å². The summed E-state index contributed by atoms with van der Waals surface area (Å²) in [5, 5.41) is 7.14. The van der Waals surface area contributed by atoms with Crippen LogP contribution in [0.15, 0.2) is 0 Å². The molecule has 3 heteroatoms. The smallest absolute Gasteiger partial charge is 0.0130 e. The second-order valence-corrected chi connectivity index (χ2v) is 5.68. The third kappa shape index (κ3) is 3.19. The first kappa shape index (κ1) is 12.3. The van der Waals surface area contributed by atoms with Gasteiger partial charge in [-0.1, -0.05) is 13.8 Å². The van der Waals surface area contributed by atoms with Crippen LogP contribution in [0.4, 0.5) is 0 Å².